The van der Waals surface area contributed by atoms with E-state index in [2.05, 4.69) is 42.2 Å². The lowest BCUT2D eigenvalue weighted by Gasteiger charge is -2.24. The molecule has 0 aliphatic carbocycles. The van der Waals surface area contributed by atoms with Crippen molar-refractivity contribution in [2.45, 2.75) is 26.1 Å². The molecule has 0 spiro atoms. The Morgan fingerprint density at radius 2 is 2.05 bits per heavy atom. The molecule has 1 unspecified atom stereocenters. The quantitative estimate of drug-likeness (QED) is 0.890. The topological polar surface area (TPSA) is 47.1 Å². The first-order valence-corrected chi connectivity index (χ1v) is 7.14. The highest BCUT2D eigenvalue weighted by atomic mass is 35.5. The summed E-state index contributed by atoms with van der Waals surface area (Å²) in [5.74, 6) is 0. The second-order valence-corrected chi connectivity index (χ2v) is 5.47. The number of rotatable bonds is 6. The van der Waals surface area contributed by atoms with Crippen LogP contribution in [0.2, 0.25) is 5.02 Å². The van der Waals surface area contributed by atoms with Crippen molar-refractivity contribution in [2.24, 2.45) is 5.73 Å². The van der Waals surface area contributed by atoms with Crippen molar-refractivity contribution in [3.05, 3.63) is 53.1 Å². The van der Waals surface area contributed by atoms with Crippen LogP contribution in [0.1, 0.15) is 24.2 Å². The first-order valence-electron chi connectivity index (χ1n) is 6.76. The molecule has 1 aromatic heterocycles. The first-order chi connectivity index (χ1) is 9.60. The van der Waals surface area contributed by atoms with Crippen LogP contribution in [0.5, 0.6) is 0 Å². The Morgan fingerprint density at radius 3 is 2.70 bits per heavy atom. The van der Waals surface area contributed by atoms with Crippen molar-refractivity contribution in [3.8, 4) is 0 Å². The second-order valence-electron chi connectivity index (χ2n) is 5.03. The molecule has 2 rings (SSSR count). The number of halogens is 1. The Hall–Kier alpha value is -1.36. The molecule has 0 fully saturated rings. The molecular weight excluding hydrogens is 272 g/mol. The number of hydrogen-bond acceptors (Lipinski definition) is 3. The molecule has 0 aliphatic heterocycles. The minimum absolute atomic E-state index is 0.312. The molecule has 2 aromatic rings. The highest BCUT2D eigenvalue weighted by molar-refractivity contribution is 6.30. The monoisotopic (exact) mass is 292 g/mol. The summed E-state index contributed by atoms with van der Waals surface area (Å²) in [5, 5.41) is 0.768. The lowest BCUT2D eigenvalue weighted by Crippen LogP contribution is -2.22. The average molecular weight is 293 g/mol. The summed E-state index contributed by atoms with van der Waals surface area (Å²) >= 11 is 5.92. The zero-order valence-corrected chi connectivity index (χ0v) is 12.7. The predicted molar refractivity (Wildman–Crippen MR) is 82.6 cm³/mol. The highest BCUT2D eigenvalue weighted by Crippen LogP contribution is 2.21. The molecule has 0 amide bonds. The third kappa shape index (κ3) is 3.82. The van der Waals surface area contributed by atoms with Gasteiger partial charge in [-0.3, -0.25) is 4.90 Å². The van der Waals surface area contributed by atoms with Crippen LogP contribution in [0.15, 0.2) is 36.8 Å². The minimum Gasteiger partial charge on any atom is -0.336 e. The zero-order valence-electron chi connectivity index (χ0n) is 12.0. The van der Waals surface area contributed by atoms with E-state index in [0.717, 1.165) is 23.8 Å². The molecule has 20 heavy (non-hydrogen) atoms. The van der Waals surface area contributed by atoms with Crippen molar-refractivity contribution < 1.29 is 0 Å². The van der Waals surface area contributed by atoms with Crippen molar-refractivity contribution in [2.75, 3.05) is 13.6 Å². The summed E-state index contributed by atoms with van der Waals surface area (Å²) < 4.78 is 2.02. The molecule has 108 valence electrons. The minimum atomic E-state index is 0.312. The molecule has 2 N–H and O–H groups in total. The number of benzene rings is 1. The Balaban J connectivity index is 1.99. The predicted octanol–water partition coefficient (Wildman–Crippen LogP) is 2.69. The van der Waals surface area contributed by atoms with Gasteiger partial charge in [0.25, 0.3) is 0 Å². The highest BCUT2D eigenvalue weighted by Gasteiger charge is 2.13. The van der Waals surface area contributed by atoms with Gasteiger partial charge in [0.05, 0.1) is 12.0 Å². The normalized spacial score (nSPS) is 12.8. The lowest BCUT2D eigenvalue weighted by molar-refractivity contribution is 0.250. The van der Waals surface area contributed by atoms with Gasteiger partial charge in [0, 0.05) is 36.9 Å². The van der Waals surface area contributed by atoms with Gasteiger partial charge in [-0.2, -0.15) is 0 Å². The van der Waals surface area contributed by atoms with Crippen molar-refractivity contribution >= 4 is 11.6 Å². The third-order valence-electron chi connectivity index (χ3n) is 3.50. The molecule has 0 saturated carbocycles. The number of imidazole rings is 1. The summed E-state index contributed by atoms with van der Waals surface area (Å²) in [4.78, 5) is 6.67. The van der Waals surface area contributed by atoms with E-state index in [0.29, 0.717) is 12.6 Å². The Labute approximate surface area is 125 Å². The van der Waals surface area contributed by atoms with E-state index in [-0.39, 0.29) is 0 Å². The van der Waals surface area contributed by atoms with Crippen LogP contribution in [0.25, 0.3) is 0 Å². The summed E-state index contributed by atoms with van der Waals surface area (Å²) in [7, 11) is 2.10. The fraction of sp³-hybridized carbons (Fsp3) is 0.400. The van der Waals surface area contributed by atoms with E-state index < -0.39 is 0 Å². The lowest BCUT2D eigenvalue weighted by atomic mass is 10.1. The number of aromatic nitrogens is 2. The van der Waals surface area contributed by atoms with Crippen LogP contribution >= 0.6 is 11.6 Å². The Kier molecular flexibility index (Phi) is 5.17. The van der Waals surface area contributed by atoms with Gasteiger partial charge in [-0.1, -0.05) is 23.7 Å². The van der Waals surface area contributed by atoms with Crippen molar-refractivity contribution in [1.82, 2.24) is 14.5 Å². The summed E-state index contributed by atoms with van der Waals surface area (Å²) in [6.45, 7) is 4.43. The van der Waals surface area contributed by atoms with Gasteiger partial charge < -0.3 is 10.3 Å². The zero-order chi connectivity index (χ0) is 14.5. The van der Waals surface area contributed by atoms with E-state index in [1.807, 2.05) is 23.0 Å². The molecule has 4 nitrogen and oxygen atoms in total. The van der Waals surface area contributed by atoms with Gasteiger partial charge in [0.1, 0.15) is 0 Å². The van der Waals surface area contributed by atoms with Gasteiger partial charge in [-0.15, -0.1) is 0 Å². The fourth-order valence-electron chi connectivity index (χ4n) is 2.15. The SMILES string of the molecule is CC(c1ccc(Cl)cc1)N(C)Cc1cn(CCN)cn1. The van der Waals surface area contributed by atoms with E-state index in [1.165, 1.54) is 5.56 Å². The van der Waals surface area contributed by atoms with E-state index >= 15 is 0 Å². The first kappa shape index (κ1) is 15.0. The van der Waals surface area contributed by atoms with Crippen molar-refractivity contribution in [1.29, 1.82) is 0 Å². The molecule has 0 bridgehead atoms. The van der Waals surface area contributed by atoms with E-state index in [1.54, 1.807) is 0 Å². The molecule has 1 aromatic carbocycles. The number of nitrogens with two attached hydrogens (primary N) is 1. The Morgan fingerprint density at radius 1 is 1.35 bits per heavy atom. The maximum Gasteiger partial charge on any atom is 0.0950 e. The van der Waals surface area contributed by atoms with Gasteiger partial charge in [0.15, 0.2) is 0 Å². The van der Waals surface area contributed by atoms with Gasteiger partial charge in [0.2, 0.25) is 0 Å². The largest absolute Gasteiger partial charge is 0.336 e. The maximum atomic E-state index is 5.92. The number of nitrogens with zero attached hydrogens (tertiary/aromatic N) is 3. The average Bonchev–Trinajstić information content (AvgIpc) is 2.86. The van der Waals surface area contributed by atoms with Gasteiger partial charge in [-0.05, 0) is 31.7 Å². The van der Waals surface area contributed by atoms with Crippen LogP contribution in [0.3, 0.4) is 0 Å². The third-order valence-corrected chi connectivity index (χ3v) is 3.75. The molecule has 0 aliphatic rings. The van der Waals surface area contributed by atoms with Crippen LogP contribution in [0, 0.1) is 0 Å². The summed E-state index contributed by atoms with van der Waals surface area (Å²) in [6, 6.07) is 8.30. The fourth-order valence-corrected chi connectivity index (χ4v) is 2.27. The maximum absolute atomic E-state index is 5.92. The van der Waals surface area contributed by atoms with Crippen LogP contribution in [-0.4, -0.2) is 28.0 Å². The molecule has 1 atom stereocenters. The van der Waals surface area contributed by atoms with Gasteiger partial charge >= 0.3 is 0 Å². The molecule has 5 heteroatoms. The molecular formula is C15H21ClN4. The van der Waals surface area contributed by atoms with Gasteiger partial charge in [-0.25, -0.2) is 4.98 Å². The molecule has 1 heterocycles. The van der Waals surface area contributed by atoms with Crippen LogP contribution in [0.4, 0.5) is 0 Å². The number of hydrogen-bond donors (Lipinski definition) is 1. The summed E-state index contributed by atoms with van der Waals surface area (Å²) in [6.07, 6.45) is 3.89. The smallest absolute Gasteiger partial charge is 0.0950 e. The van der Waals surface area contributed by atoms with E-state index in [4.69, 9.17) is 17.3 Å². The van der Waals surface area contributed by atoms with E-state index in [9.17, 15) is 0 Å². The second kappa shape index (κ2) is 6.88. The molecule has 0 saturated heterocycles. The standard InChI is InChI=1S/C15H21ClN4/c1-12(13-3-5-14(16)6-4-13)19(2)9-15-10-20(8-7-17)11-18-15/h3-6,10-12H,7-9,17H2,1-2H3. The molecule has 0 radical (unpaired) electrons. The summed E-state index contributed by atoms with van der Waals surface area (Å²) in [5.41, 5.74) is 7.84. The Bertz CT molecular complexity index is 535. The van der Waals surface area contributed by atoms with Crippen LogP contribution < -0.4 is 5.73 Å². The van der Waals surface area contributed by atoms with Crippen LogP contribution in [-0.2, 0) is 13.1 Å². The van der Waals surface area contributed by atoms with Crippen molar-refractivity contribution in [3.63, 3.8) is 0 Å².